The average Bonchev–Trinajstić information content (AvgIpc) is 2.97. The lowest BCUT2D eigenvalue weighted by atomic mass is 10.1. The molecule has 8 heteroatoms. The van der Waals surface area contributed by atoms with E-state index in [4.69, 9.17) is 0 Å². The molecular formula is C17H16NO5S2-. The van der Waals surface area contributed by atoms with Crippen molar-refractivity contribution < 1.29 is 23.1 Å². The number of aliphatic carboxylic acids is 1. The van der Waals surface area contributed by atoms with Crippen LogP contribution in [-0.2, 0) is 14.8 Å². The molecule has 1 aromatic heterocycles. The summed E-state index contributed by atoms with van der Waals surface area (Å²) in [6.45, 7) is 3.11. The van der Waals surface area contributed by atoms with Gasteiger partial charge in [0.2, 0.25) is 10.0 Å². The normalized spacial score (nSPS) is 13.0. The van der Waals surface area contributed by atoms with Gasteiger partial charge in [0.05, 0.1) is 16.9 Å². The van der Waals surface area contributed by atoms with Crippen molar-refractivity contribution >= 4 is 39.2 Å². The Morgan fingerprint density at radius 2 is 1.84 bits per heavy atom. The fourth-order valence-electron chi connectivity index (χ4n) is 1.95. The topological polar surface area (TPSA) is 103 Å². The smallest absolute Gasteiger partial charge is 0.241 e. The number of hydrogen-bond donors (Lipinski definition) is 1. The molecule has 0 aliphatic carbocycles. The molecule has 0 aliphatic heterocycles. The summed E-state index contributed by atoms with van der Waals surface area (Å²) in [7, 11) is -4.00. The standard InChI is InChI=1S/C17H17NO5S2/c1-11-9-10-24-16(11)8-7-15(19)13-3-5-14(6-4-13)25(22,23)18-12(2)17(20)21/h3-10,12,18H,1-2H3,(H,20,21)/p-1/b8-7+/t12-/m0/s1. The Bertz CT molecular complexity index is 911. The zero-order chi connectivity index (χ0) is 18.6. The first-order valence-electron chi connectivity index (χ1n) is 7.30. The molecule has 0 unspecified atom stereocenters. The molecular weight excluding hydrogens is 362 g/mol. The maximum Gasteiger partial charge on any atom is 0.241 e. The van der Waals surface area contributed by atoms with Gasteiger partial charge in [-0.1, -0.05) is 0 Å². The van der Waals surface area contributed by atoms with Gasteiger partial charge < -0.3 is 9.90 Å². The summed E-state index contributed by atoms with van der Waals surface area (Å²) in [4.78, 5) is 23.7. The first-order chi connectivity index (χ1) is 11.7. The number of allylic oxidation sites excluding steroid dienone is 1. The Labute approximate surface area is 149 Å². The van der Waals surface area contributed by atoms with Crippen LogP contribution in [-0.4, -0.2) is 26.2 Å². The van der Waals surface area contributed by atoms with Crippen molar-refractivity contribution in [3.63, 3.8) is 0 Å². The van der Waals surface area contributed by atoms with Gasteiger partial charge >= 0.3 is 0 Å². The van der Waals surface area contributed by atoms with Gasteiger partial charge in [-0.3, -0.25) is 4.79 Å². The molecule has 2 rings (SSSR count). The van der Waals surface area contributed by atoms with Crippen LogP contribution in [0.1, 0.15) is 27.7 Å². The lowest BCUT2D eigenvalue weighted by molar-refractivity contribution is -0.307. The Balaban J connectivity index is 2.14. The lowest BCUT2D eigenvalue weighted by Crippen LogP contribution is -2.45. The summed E-state index contributed by atoms with van der Waals surface area (Å²) in [6.07, 6.45) is 3.15. The van der Waals surface area contributed by atoms with Crippen LogP contribution in [0.3, 0.4) is 0 Å². The van der Waals surface area contributed by atoms with E-state index in [0.29, 0.717) is 5.56 Å². The highest BCUT2D eigenvalue weighted by Gasteiger charge is 2.18. The molecule has 132 valence electrons. The number of ketones is 1. The number of carboxylic acid groups (broad SMARTS) is 1. The van der Waals surface area contributed by atoms with Crippen LogP contribution in [0.4, 0.5) is 0 Å². The minimum absolute atomic E-state index is 0.129. The number of sulfonamides is 1. The minimum Gasteiger partial charge on any atom is -0.548 e. The Morgan fingerprint density at radius 1 is 1.20 bits per heavy atom. The van der Waals surface area contributed by atoms with Gasteiger partial charge in [-0.2, -0.15) is 0 Å². The number of hydrogen-bond acceptors (Lipinski definition) is 6. The second-order valence-electron chi connectivity index (χ2n) is 5.35. The maximum absolute atomic E-state index is 12.1. The first-order valence-corrected chi connectivity index (χ1v) is 9.67. The zero-order valence-electron chi connectivity index (χ0n) is 13.6. The number of carbonyl (C=O) groups excluding carboxylic acids is 2. The molecule has 0 radical (unpaired) electrons. The van der Waals surface area contributed by atoms with Gasteiger partial charge in [0, 0.05) is 10.4 Å². The summed E-state index contributed by atoms with van der Waals surface area (Å²) >= 11 is 1.52. The van der Waals surface area contributed by atoms with Crippen LogP contribution in [0.5, 0.6) is 0 Å². The highest BCUT2D eigenvalue weighted by molar-refractivity contribution is 7.89. The molecule has 0 bridgehead atoms. The molecule has 0 spiro atoms. The van der Waals surface area contributed by atoms with E-state index in [9.17, 15) is 23.1 Å². The van der Waals surface area contributed by atoms with E-state index in [-0.39, 0.29) is 10.7 Å². The van der Waals surface area contributed by atoms with E-state index >= 15 is 0 Å². The quantitative estimate of drug-likeness (QED) is 0.579. The fraction of sp³-hybridized carbons (Fsp3) is 0.176. The van der Waals surface area contributed by atoms with Gasteiger partial charge in [0.15, 0.2) is 5.78 Å². The Morgan fingerprint density at radius 3 is 2.36 bits per heavy atom. The van der Waals surface area contributed by atoms with Crippen molar-refractivity contribution in [3.05, 3.63) is 57.8 Å². The average molecular weight is 378 g/mol. The molecule has 0 amide bonds. The monoisotopic (exact) mass is 378 g/mol. The van der Waals surface area contributed by atoms with Crippen molar-refractivity contribution in [1.29, 1.82) is 0 Å². The van der Waals surface area contributed by atoms with E-state index in [1.54, 1.807) is 6.08 Å². The SMILES string of the molecule is Cc1ccsc1/C=C/C(=O)c1ccc(S(=O)(=O)N[C@@H](C)C(=O)[O-])cc1. The summed E-state index contributed by atoms with van der Waals surface area (Å²) in [5, 5.41) is 12.6. The van der Waals surface area contributed by atoms with Gasteiger partial charge in [0.25, 0.3) is 0 Å². The number of thiophene rings is 1. The third kappa shape index (κ3) is 4.85. The lowest BCUT2D eigenvalue weighted by Gasteiger charge is -2.14. The van der Waals surface area contributed by atoms with Crippen LogP contribution < -0.4 is 9.83 Å². The number of benzene rings is 1. The molecule has 2 aromatic rings. The van der Waals surface area contributed by atoms with E-state index in [1.807, 2.05) is 23.1 Å². The highest BCUT2D eigenvalue weighted by Crippen LogP contribution is 2.18. The second kappa shape index (κ2) is 7.73. The molecule has 0 aliphatic rings. The van der Waals surface area contributed by atoms with Crippen LogP contribution >= 0.6 is 11.3 Å². The number of nitrogens with one attached hydrogen (secondary N) is 1. The first kappa shape index (κ1) is 19.0. The molecule has 1 aromatic carbocycles. The van der Waals surface area contributed by atoms with Crippen LogP contribution in [0.25, 0.3) is 6.08 Å². The summed E-state index contributed by atoms with van der Waals surface area (Å²) in [6, 6.07) is 5.86. The Hall–Kier alpha value is -2.29. The summed E-state index contributed by atoms with van der Waals surface area (Å²) in [5.74, 6) is -1.78. The molecule has 0 fully saturated rings. The number of aryl methyl sites for hydroxylation is 1. The van der Waals surface area contributed by atoms with Crippen molar-refractivity contribution in [2.24, 2.45) is 0 Å². The highest BCUT2D eigenvalue weighted by atomic mass is 32.2. The van der Waals surface area contributed by atoms with E-state index in [0.717, 1.165) is 10.4 Å². The summed E-state index contributed by atoms with van der Waals surface area (Å²) in [5.41, 5.74) is 1.40. The van der Waals surface area contributed by atoms with Gasteiger partial charge in [-0.05, 0) is 67.3 Å². The largest absolute Gasteiger partial charge is 0.548 e. The van der Waals surface area contributed by atoms with Crippen molar-refractivity contribution in [2.75, 3.05) is 0 Å². The van der Waals surface area contributed by atoms with Crippen molar-refractivity contribution in [2.45, 2.75) is 24.8 Å². The molecule has 1 N–H and O–H groups in total. The molecule has 0 saturated heterocycles. The van der Waals surface area contributed by atoms with Crippen LogP contribution in [0, 0.1) is 6.92 Å². The third-order valence-electron chi connectivity index (χ3n) is 3.42. The second-order valence-corrected chi connectivity index (χ2v) is 8.01. The van der Waals surface area contributed by atoms with E-state index < -0.39 is 22.0 Å². The number of carboxylic acids is 1. The number of carbonyl (C=O) groups is 2. The predicted octanol–water partition coefficient (Wildman–Crippen LogP) is 1.37. The molecule has 1 atom stereocenters. The summed E-state index contributed by atoms with van der Waals surface area (Å²) < 4.78 is 26.1. The molecule has 0 saturated carbocycles. The van der Waals surface area contributed by atoms with Crippen LogP contribution in [0.2, 0.25) is 0 Å². The van der Waals surface area contributed by atoms with Gasteiger partial charge in [-0.15, -0.1) is 11.3 Å². The molecule has 6 nitrogen and oxygen atoms in total. The van der Waals surface area contributed by atoms with Crippen molar-refractivity contribution in [3.8, 4) is 0 Å². The van der Waals surface area contributed by atoms with E-state index in [2.05, 4.69) is 0 Å². The zero-order valence-corrected chi connectivity index (χ0v) is 15.2. The minimum atomic E-state index is -4.00. The number of rotatable bonds is 7. The van der Waals surface area contributed by atoms with Crippen LogP contribution in [0.15, 0.2) is 46.7 Å². The molecule has 25 heavy (non-hydrogen) atoms. The molecule has 1 heterocycles. The van der Waals surface area contributed by atoms with Gasteiger partial charge in [-0.25, -0.2) is 13.1 Å². The Kier molecular flexibility index (Phi) is 5.89. The maximum atomic E-state index is 12.1. The van der Waals surface area contributed by atoms with Crippen molar-refractivity contribution in [1.82, 2.24) is 4.72 Å². The predicted molar refractivity (Wildman–Crippen MR) is 93.7 cm³/mol. The fourth-order valence-corrected chi connectivity index (χ4v) is 3.96. The van der Waals surface area contributed by atoms with Gasteiger partial charge in [0.1, 0.15) is 0 Å². The third-order valence-corrected chi connectivity index (χ3v) is 5.96. The van der Waals surface area contributed by atoms with E-state index in [1.165, 1.54) is 48.6 Å².